The van der Waals surface area contributed by atoms with Gasteiger partial charge in [0.05, 0.1) is 12.2 Å². The van der Waals surface area contributed by atoms with Crippen molar-refractivity contribution in [3.8, 4) is 0 Å². The number of nitrogens with zero attached hydrogens (tertiary/aromatic N) is 2. The number of aliphatic carboxylic acids is 1. The molecule has 1 aromatic heterocycles. The molecule has 0 saturated carbocycles. The number of benzene rings is 1. The van der Waals surface area contributed by atoms with E-state index in [0.717, 1.165) is 63.0 Å². The van der Waals surface area contributed by atoms with Gasteiger partial charge in [0.25, 0.3) is 0 Å². The van der Waals surface area contributed by atoms with Crippen LogP contribution in [-0.2, 0) is 57.0 Å². The maximum Gasteiger partial charge on any atom is 0 e. The van der Waals surface area contributed by atoms with E-state index >= 15 is 0 Å². The number of nitrogens with one attached hydrogen (secondary N) is 3. The number of thiocarbonyl (C=S) groups is 1. The Hall–Kier alpha value is -2.72. The zero-order valence-corrected chi connectivity index (χ0v) is 26.5. The Morgan fingerprint density at radius 1 is 0.951 bits per heavy atom. The molecule has 1 atom stereocenters. The van der Waals surface area contributed by atoms with Gasteiger partial charge in [0.15, 0.2) is 5.11 Å². The number of carboxylic acid groups (broad SMARTS) is 1. The maximum absolute atomic E-state index is 11.1. The zero-order chi connectivity index (χ0) is 30.6. The minimum absolute atomic E-state index is 0. The summed E-state index contributed by atoms with van der Waals surface area (Å²) >= 11 is 2.95. The zero-order valence-electron chi connectivity index (χ0n) is 22.2. The van der Waals surface area contributed by atoms with Gasteiger partial charge in [0, 0.05) is 62.4 Å². The van der Waals surface area contributed by atoms with Crippen LogP contribution in [0.25, 0.3) is 0 Å². The van der Waals surface area contributed by atoms with Gasteiger partial charge in [0.2, 0.25) is 0 Å². The summed E-state index contributed by atoms with van der Waals surface area (Å²) in [5, 5.41) is 15.9. The second kappa shape index (κ2) is 30.2. The van der Waals surface area contributed by atoms with Crippen LogP contribution in [0.3, 0.4) is 0 Å². The van der Waals surface area contributed by atoms with Gasteiger partial charge in [-0.1, -0.05) is 31.7 Å². The molecular weight excluding hydrogens is 745 g/mol. The molecule has 1 unspecified atom stereocenters. The molecule has 223 valence electrons. The fourth-order valence-electron chi connectivity index (χ4n) is 3.39. The van der Waals surface area contributed by atoms with Crippen LogP contribution in [0.5, 0.6) is 0 Å². The van der Waals surface area contributed by atoms with Crippen molar-refractivity contribution in [3.63, 3.8) is 0 Å². The predicted octanol–water partition coefficient (Wildman–Crippen LogP) is 3.39. The standard InChI is InChI=1S/C23H33N5O4S2.3CO.Re/c29-22(30)18-28(17-21-9-5-7-14-24-21)16-8-4-2-1-3-6-15-25-23(33)26-19-10-12-20(13-11-19)27-34(31)32;3*1-2;/h5,7,9-14,27H,1-4,6,8,15-18H2,(H,29,30)(H,31,32)(H2,25,26,33);;;;/p-1. The molecule has 0 amide bonds. The Kier molecular flexibility index (Phi) is 31.5. The summed E-state index contributed by atoms with van der Waals surface area (Å²) in [7, 11) is 0. The molecule has 1 aromatic carbocycles. The van der Waals surface area contributed by atoms with Gasteiger partial charge in [-0.3, -0.25) is 18.9 Å². The van der Waals surface area contributed by atoms with E-state index in [1.807, 2.05) is 23.1 Å². The summed E-state index contributed by atoms with van der Waals surface area (Å²) in [6.45, 7) is 15.6. The first-order chi connectivity index (χ1) is 19.4. The van der Waals surface area contributed by atoms with E-state index in [4.69, 9.17) is 31.3 Å². The molecule has 0 saturated heterocycles. The van der Waals surface area contributed by atoms with E-state index in [-0.39, 0.29) is 27.0 Å². The summed E-state index contributed by atoms with van der Waals surface area (Å²) in [5.41, 5.74) is 2.15. The number of hydrogen-bond donors (Lipinski definition) is 4. The monoisotopic (exact) mass is 777 g/mol. The molecule has 15 heteroatoms. The summed E-state index contributed by atoms with van der Waals surface area (Å²) in [5.74, 6) is -0.818. The first kappa shape index (κ1) is 42.7. The van der Waals surface area contributed by atoms with Crippen molar-refractivity contribution in [2.45, 2.75) is 45.1 Å². The maximum atomic E-state index is 11.1. The van der Waals surface area contributed by atoms with Crippen LogP contribution in [0.2, 0.25) is 0 Å². The van der Waals surface area contributed by atoms with Crippen LogP contribution < -0.4 is 15.4 Å². The van der Waals surface area contributed by atoms with Gasteiger partial charge in [-0.25, -0.2) is 0 Å². The topological polar surface area (TPSA) is 189 Å². The summed E-state index contributed by atoms with van der Waals surface area (Å²) < 4.78 is 46.0. The molecule has 4 N–H and O–H groups in total. The fourth-order valence-corrected chi connectivity index (χ4v) is 3.94. The number of unbranched alkanes of at least 4 members (excludes halogenated alkanes) is 5. The van der Waals surface area contributed by atoms with Crippen molar-refractivity contribution < 1.29 is 53.0 Å². The van der Waals surface area contributed by atoms with Crippen molar-refractivity contribution in [1.82, 2.24) is 15.2 Å². The van der Waals surface area contributed by atoms with Crippen molar-refractivity contribution >= 4 is 45.9 Å². The molecule has 2 rings (SSSR count). The van der Waals surface area contributed by atoms with Gasteiger partial charge in [0.1, 0.15) is 0 Å². The number of pyridine rings is 1. The van der Waals surface area contributed by atoms with Crippen molar-refractivity contribution in [2.75, 3.05) is 29.7 Å². The van der Waals surface area contributed by atoms with Crippen LogP contribution in [-0.4, -0.2) is 54.5 Å². The normalized spacial score (nSPS) is 9.85. The molecule has 2 aromatic rings. The van der Waals surface area contributed by atoms with Gasteiger partial charge >= 0.3 is 39.9 Å². The van der Waals surface area contributed by atoms with Crippen LogP contribution in [0.4, 0.5) is 11.4 Å². The van der Waals surface area contributed by atoms with Gasteiger partial charge in [-0.15, -0.1) is 0 Å². The molecule has 12 nitrogen and oxygen atoms in total. The second-order valence-electron chi connectivity index (χ2n) is 7.84. The average molecular weight is 777 g/mol. The summed E-state index contributed by atoms with van der Waals surface area (Å²) in [4.78, 5) is 17.3. The molecule has 0 aliphatic heterocycles. The van der Waals surface area contributed by atoms with Crippen LogP contribution in [0.15, 0.2) is 48.7 Å². The van der Waals surface area contributed by atoms with Gasteiger partial charge < -0.3 is 25.0 Å². The molecule has 1 radical (unpaired) electrons. The molecule has 41 heavy (non-hydrogen) atoms. The average Bonchev–Trinajstić information content (AvgIpc) is 2.96. The molecular formula is C26H32N5O7ReS2-. The summed E-state index contributed by atoms with van der Waals surface area (Å²) in [6, 6.07) is 12.5. The largest absolute Gasteiger partial charge is 0 e. The van der Waals surface area contributed by atoms with Crippen molar-refractivity contribution in [1.29, 1.82) is 0 Å². The first-order valence-corrected chi connectivity index (χ1v) is 13.4. The molecule has 1 heterocycles. The van der Waals surface area contributed by atoms with Crippen molar-refractivity contribution in [2.24, 2.45) is 0 Å². The van der Waals surface area contributed by atoms with Gasteiger partial charge in [-0.05, 0) is 68.0 Å². The molecule has 0 spiro atoms. The van der Waals surface area contributed by atoms with E-state index in [9.17, 15) is 13.6 Å². The Balaban J connectivity index is -0.00000193. The van der Waals surface area contributed by atoms with Crippen molar-refractivity contribution in [3.05, 3.63) is 74.3 Å². The smallest absolute Gasteiger partial charge is 0 e. The predicted molar refractivity (Wildman–Crippen MR) is 150 cm³/mol. The molecule has 0 fully saturated rings. The second-order valence-corrected chi connectivity index (χ2v) is 8.92. The van der Waals surface area contributed by atoms with Crippen LogP contribution >= 0.6 is 12.2 Å². The third-order valence-electron chi connectivity index (χ3n) is 5.00. The molecule has 0 aliphatic carbocycles. The number of hydrogen-bond acceptors (Lipinski definition) is 6. The Morgan fingerprint density at radius 3 is 2.05 bits per heavy atom. The SMILES string of the molecule is O=C(O)CN(CCCCCCCCNC(=S)Nc1ccc(NS(=O)[O-])cc1)Cc1ccccn1.[C-]#[O+].[C-]#[O+].[C-]#[O+].[Re]. The summed E-state index contributed by atoms with van der Waals surface area (Å²) in [6.07, 6.45) is 8.09. The quantitative estimate of drug-likeness (QED) is 0.0652. The van der Waals surface area contributed by atoms with Gasteiger partial charge in [-0.2, -0.15) is 0 Å². The number of carboxylic acids is 1. The number of carbonyl (C=O) groups is 1. The third-order valence-corrected chi connectivity index (χ3v) is 5.65. The minimum atomic E-state index is -2.34. The number of rotatable bonds is 16. The first-order valence-electron chi connectivity index (χ1n) is 11.9. The van der Waals surface area contributed by atoms with Crippen LogP contribution in [0, 0.1) is 20.0 Å². The number of aromatic nitrogens is 1. The Morgan fingerprint density at radius 2 is 1.51 bits per heavy atom. The Labute approximate surface area is 262 Å². The number of anilines is 2. The molecule has 0 aliphatic rings. The minimum Gasteiger partial charge on any atom is 0 e. The van der Waals surface area contributed by atoms with Crippen LogP contribution in [0.1, 0.15) is 44.2 Å². The van der Waals surface area contributed by atoms with E-state index in [2.05, 4.69) is 40.3 Å². The van der Waals surface area contributed by atoms with E-state index in [1.165, 1.54) is 0 Å². The van der Waals surface area contributed by atoms with E-state index in [1.54, 1.807) is 30.5 Å². The molecule has 0 bridgehead atoms. The van der Waals surface area contributed by atoms with E-state index < -0.39 is 17.2 Å². The fraction of sp³-hybridized carbons (Fsp3) is 0.385. The third kappa shape index (κ3) is 24.8. The Bertz CT molecular complexity index is 1030. The van der Waals surface area contributed by atoms with E-state index in [0.29, 0.717) is 17.3 Å².